The van der Waals surface area contributed by atoms with Gasteiger partial charge in [-0.25, -0.2) is 0 Å². The molecule has 0 heterocycles. The quantitative estimate of drug-likeness (QED) is 0.441. The molecule has 0 rings (SSSR count). The molecule has 7 heteroatoms. The van der Waals surface area contributed by atoms with Crippen molar-refractivity contribution in [3.05, 3.63) is 0 Å². The maximum absolute atomic E-state index is 9.71. The summed E-state index contributed by atoms with van der Waals surface area (Å²) in [5, 5.41) is 34.6. The third-order valence-corrected chi connectivity index (χ3v) is 1.36. The molecule has 0 aromatic heterocycles. The van der Waals surface area contributed by atoms with Gasteiger partial charge in [0.05, 0.1) is 12.2 Å². The Morgan fingerprint density at radius 1 is 1.00 bits per heavy atom. The van der Waals surface area contributed by atoms with Gasteiger partial charge in [0.1, 0.15) is 0 Å². The first-order valence-corrected chi connectivity index (χ1v) is 3.88. The van der Waals surface area contributed by atoms with E-state index in [2.05, 4.69) is 24.4 Å². The Hall–Kier alpha value is 1.18. The summed E-state index contributed by atoms with van der Waals surface area (Å²) in [5.74, 6) is 0. The van der Waals surface area contributed by atoms with Gasteiger partial charge in [0.25, 0.3) is 0 Å². The molecular weight excluding hydrogens is 288 g/mol. The van der Waals surface area contributed by atoms with Crippen LogP contribution in [0.2, 0.25) is 0 Å². The topological polar surface area (TPSA) is 86.6 Å². The molecule has 4 nitrogen and oxygen atoms in total. The fourth-order valence-corrected chi connectivity index (χ4v) is 0. The van der Waals surface area contributed by atoms with Crippen LogP contribution in [-0.2, 0) is 0 Å². The molecule has 0 spiro atoms. The van der Waals surface area contributed by atoms with Crippen molar-refractivity contribution in [1.82, 2.24) is 0 Å². The minimum Gasteiger partial charge on any atom is -0.866 e. The van der Waals surface area contributed by atoms with Gasteiger partial charge >= 0.3 is 45.5 Å². The van der Waals surface area contributed by atoms with Gasteiger partial charge in [0, 0.05) is 0 Å². The minimum atomic E-state index is -0.972. The normalized spacial score (nSPS) is 12.6. The number of hydrogen-bond donors (Lipinski definition) is 2. The fraction of sp³-hybridized carbons (Fsp3) is 0.667. The standard InChI is InChI=1S/2C3H6O2S.Sr/c2*1-2(4)3(5)6;/h2*2,4H,1H3,(H,5,6);/q;;+2/p-2. The van der Waals surface area contributed by atoms with E-state index in [9.17, 15) is 10.2 Å². The fourth-order valence-electron chi connectivity index (χ4n) is 0. The molecule has 0 fully saturated rings. The second-order valence-corrected chi connectivity index (χ2v) is 2.79. The van der Waals surface area contributed by atoms with Crippen LogP contribution in [0, 0.1) is 0 Å². The third-order valence-electron chi connectivity index (χ3n) is 0.682. The van der Waals surface area contributed by atoms with Crippen LogP contribution >= 0.6 is 24.4 Å². The Morgan fingerprint density at radius 2 is 1.08 bits per heavy atom. The van der Waals surface area contributed by atoms with E-state index in [1.165, 1.54) is 13.8 Å². The van der Waals surface area contributed by atoms with Gasteiger partial charge in [-0.05, 0) is 23.9 Å². The summed E-state index contributed by atoms with van der Waals surface area (Å²) in [5.41, 5.74) is 0. The molecule has 2 unspecified atom stereocenters. The predicted molar refractivity (Wildman–Crippen MR) is 54.3 cm³/mol. The van der Waals surface area contributed by atoms with Crippen LogP contribution in [0.25, 0.3) is 0 Å². The zero-order valence-electron chi connectivity index (χ0n) is 7.39. The number of thiocarbonyl (C=S) groups is 2. The summed E-state index contributed by atoms with van der Waals surface area (Å²) >= 11 is 8.03. The summed E-state index contributed by atoms with van der Waals surface area (Å²) in [4.78, 5) is 0. The summed E-state index contributed by atoms with van der Waals surface area (Å²) in [6.07, 6.45) is -1.94. The first-order valence-electron chi connectivity index (χ1n) is 3.06. The second-order valence-electron chi connectivity index (χ2n) is 1.99. The average molecular weight is 298 g/mol. The Bertz CT molecular complexity index is 143. The molecule has 0 radical (unpaired) electrons. The van der Waals surface area contributed by atoms with E-state index in [0.29, 0.717) is 0 Å². The van der Waals surface area contributed by atoms with Crippen molar-refractivity contribution in [2.45, 2.75) is 26.1 Å². The van der Waals surface area contributed by atoms with Crippen molar-refractivity contribution in [3.8, 4) is 0 Å². The molecular formula is C6H10O4S2Sr. The van der Waals surface area contributed by atoms with Crippen LogP contribution in [0.3, 0.4) is 0 Å². The van der Waals surface area contributed by atoms with Gasteiger partial charge in [0.15, 0.2) is 0 Å². The van der Waals surface area contributed by atoms with Gasteiger partial charge in [-0.3, -0.25) is 0 Å². The number of aliphatic hydroxyl groups excluding tert-OH is 2. The molecule has 0 aromatic rings. The summed E-state index contributed by atoms with van der Waals surface area (Å²) in [7, 11) is 0. The molecule has 13 heavy (non-hydrogen) atoms. The van der Waals surface area contributed by atoms with Crippen LogP contribution in [-0.4, -0.2) is 78.0 Å². The molecule has 0 aliphatic carbocycles. The molecule has 0 saturated carbocycles. The summed E-state index contributed by atoms with van der Waals surface area (Å²) in [6, 6.07) is 0. The molecule has 0 aromatic carbocycles. The second kappa shape index (κ2) is 11.3. The number of rotatable bonds is 2. The summed E-state index contributed by atoms with van der Waals surface area (Å²) in [6.45, 7) is 2.69. The maximum atomic E-state index is 9.71. The first kappa shape index (κ1) is 19.7. The van der Waals surface area contributed by atoms with E-state index >= 15 is 0 Å². The maximum Gasteiger partial charge on any atom is 2.00 e. The zero-order valence-corrected chi connectivity index (χ0v) is 12.5. The van der Waals surface area contributed by atoms with Crippen molar-refractivity contribution < 1.29 is 20.4 Å². The van der Waals surface area contributed by atoms with Crippen LogP contribution in [0.15, 0.2) is 0 Å². The molecule has 0 saturated heterocycles. The van der Waals surface area contributed by atoms with E-state index < -0.39 is 22.3 Å². The Kier molecular flexibility index (Phi) is 17.1. The molecule has 0 amide bonds. The van der Waals surface area contributed by atoms with Crippen molar-refractivity contribution in [1.29, 1.82) is 0 Å². The zero-order chi connectivity index (χ0) is 10.3. The van der Waals surface area contributed by atoms with Crippen LogP contribution in [0.5, 0.6) is 0 Å². The Balaban J connectivity index is -0.000000143. The van der Waals surface area contributed by atoms with Crippen LogP contribution in [0.1, 0.15) is 13.8 Å². The minimum absolute atomic E-state index is 0. The molecule has 2 N–H and O–H groups in total. The SMILES string of the molecule is CC(O)C([O-])=S.CC(O)C([O-])=S.[Sr+2]. The van der Waals surface area contributed by atoms with E-state index in [1.807, 2.05) is 0 Å². The number of aliphatic hydroxyl groups is 2. The van der Waals surface area contributed by atoms with Crippen LogP contribution in [0.4, 0.5) is 0 Å². The van der Waals surface area contributed by atoms with Gasteiger partial charge in [-0.1, -0.05) is 24.4 Å². The smallest absolute Gasteiger partial charge is 0.866 e. The monoisotopic (exact) mass is 298 g/mol. The van der Waals surface area contributed by atoms with Crippen molar-refractivity contribution in [2.24, 2.45) is 0 Å². The van der Waals surface area contributed by atoms with Gasteiger partial charge in [0.2, 0.25) is 0 Å². The van der Waals surface area contributed by atoms with E-state index in [0.717, 1.165) is 0 Å². The van der Waals surface area contributed by atoms with Crippen molar-refractivity contribution in [2.75, 3.05) is 0 Å². The van der Waals surface area contributed by atoms with Crippen molar-refractivity contribution >= 4 is 80.0 Å². The predicted octanol–water partition coefficient (Wildman–Crippen LogP) is -2.27. The molecule has 0 aliphatic heterocycles. The van der Waals surface area contributed by atoms with E-state index in [-0.39, 0.29) is 45.5 Å². The molecule has 2 atom stereocenters. The third kappa shape index (κ3) is 19.5. The molecule has 72 valence electrons. The molecule has 0 bridgehead atoms. The van der Waals surface area contributed by atoms with Gasteiger partial charge < -0.3 is 20.4 Å². The van der Waals surface area contributed by atoms with Gasteiger partial charge in [-0.15, -0.1) is 0 Å². The van der Waals surface area contributed by atoms with E-state index in [4.69, 9.17) is 10.2 Å². The van der Waals surface area contributed by atoms with Crippen molar-refractivity contribution in [3.63, 3.8) is 0 Å². The average Bonchev–Trinajstić information content (AvgIpc) is 1.88. The largest absolute Gasteiger partial charge is 2.00 e. The Labute approximate surface area is 125 Å². The number of hydrogen-bond acceptors (Lipinski definition) is 6. The molecule has 0 aliphatic rings. The first-order chi connectivity index (χ1) is 5.29. The Morgan fingerprint density at radius 3 is 1.08 bits per heavy atom. The van der Waals surface area contributed by atoms with E-state index in [1.54, 1.807) is 0 Å². The summed E-state index contributed by atoms with van der Waals surface area (Å²) < 4.78 is 0. The van der Waals surface area contributed by atoms with Gasteiger partial charge in [-0.2, -0.15) is 0 Å². The van der Waals surface area contributed by atoms with Crippen LogP contribution < -0.4 is 10.2 Å².